The second-order valence-corrected chi connectivity index (χ2v) is 4.05. The maximum atomic E-state index is 11.5. The molecule has 3 nitrogen and oxygen atoms in total. The Labute approximate surface area is 77.4 Å². The summed E-state index contributed by atoms with van der Waals surface area (Å²) in [5.41, 5.74) is -0.408. The molecule has 0 spiro atoms. The lowest BCUT2D eigenvalue weighted by Crippen LogP contribution is -2.23. The summed E-state index contributed by atoms with van der Waals surface area (Å²) in [6, 6.07) is 0. The summed E-state index contributed by atoms with van der Waals surface area (Å²) in [6.45, 7) is 0. The summed E-state index contributed by atoms with van der Waals surface area (Å²) in [7, 11) is 1.41. The first-order valence-electron chi connectivity index (χ1n) is 4.81. The number of methoxy groups -OCH3 is 1. The molecule has 0 radical (unpaired) electrons. The van der Waals surface area contributed by atoms with Crippen LogP contribution in [0.15, 0.2) is 0 Å². The van der Waals surface area contributed by atoms with Gasteiger partial charge < -0.3 is 9.53 Å². The average molecular weight is 182 g/mol. The van der Waals surface area contributed by atoms with Crippen LogP contribution < -0.4 is 0 Å². The Bertz CT molecular complexity index is 249. The van der Waals surface area contributed by atoms with Gasteiger partial charge in [0.15, 0.2) is 0 Å². The summed E-state index contributed by atoms with van der Waals surface area (Å²) in [6.07, 6.45) is 4.99. The highest BCUT2D eigenvalue weighted by Crippen LogP contribution is 2.65. The van der Waals surface area contributed by atoms with E-state index < -0.39 is 5.41 Å². The van der Waals surface area contributed by atoms with Gasteiger partial charge in [-0.2, -0.15) is 0 Å². The quantitative estimate of drug-likeness (QED) is 0.475. The molecule has 0 aromatic carbocycles. The number of carbonyl (C=O) groups excluding carboxylic acids is 2. The Morgan fingerprint density at radius 3 is 2.92 bits per heavy atom. The van der Waals surface area contributed by atoms with Crippen molar-refractivity contribution in [2.24, 2.45) is 17.3 Å². The second kappa shape index (κ2) is 2.82. The predicted octanol–water partition coefficient (Wildman–Crippen LogP) is 1.16. The topological polar surface area (TPSA) is 43.4 Å². The molecule has 0 aliphatic heterocycles. The number of fused-ring (bicyclic) bond motifs is 1. The number of aldehydes is 1. The Balaban J connectivity index is 2.20. The average Bonchev–Trinajstić information content (AvgIpc) is 2.85. The summed E-state index contributed by atoms with van der Waals surface area (Å²) in [5.74, 6) is 0.0583. The lowest BCUT2D eigenvalue weighted by Gasteiger charge is -2.18. The van der Waals surface area contributed by atoms with Crippen LogP contribution in [0.1, 0.15) is 25.7 Å². The molecule has 13 heavy (non-hydrogen) atoms. The zero-order valence-corrected chi connectivity index (χ0v) is 7.79. The van der Waals surface area contributed by atoms with Crippen LogP contribution in [0.2, 0.25) is 0 Å². The maximum Gasteiger partial charge on any atom is 0.312 e. The van der Waals surface area contributed by atoms with Crippen molar-refractivity contribution < 1.29 is 14.3 Å². The monoisotopic (exact) mass is 182 g/mol. The van der Waals surface area contributed by atoms with E-state index in [4.69, 9.17) is 4.74 Å². The van der Waals surface area contributed by atoms with Gasteiger partial charge in [0, 0.05) is 5.92 Å². The van der Waals surface area contributed by atoms with Crippen LogP contribution in [0.5, 0.6) is 0 Å². The van der Waals surface area contributed by atoms with Crippen molar-refractivity contribution in [2.45, 2.75) is 25.7 Å². The SMILES string of the molecule is COC(=O)[C@@]12CCCC[C@@H]1[C@H]2C=O. The van der Waals surface area contributed by atoms with E-state index in [1.165, 1.54) is 7.11 Å². The Kier molecular flexibility index (Phi) is 1.90. The van der Waals surface area contributed by atoms with E-state index >= 15 is 0 Å². The van der Waals surface area contributed by atoms with E-state index in [-0.39, 0.29) is 17.8 Å². The Morgan fingerprint density at radius 1 is 1.54 bits per heavy atom. The highest BCUT2D eigenvalue weighted by atomic mass is 16.5. The zero-order chi connectivity index (χ0) is 9.47. The number of rotatable bonds is 2. The first-order valence-corrected chi connectivity index (χ1v) is 4.81. The molecule has 0 amide bonds. The molecule has 0 saturated heterocycles. The van der Waals surface area contributed by atoms with Crippen LogP contribution in [0.4, 0.5) is 0 Å². The van der Waals surface area contributed by atoms with Gasteiger partial charge >= 0.3 is 5.97 Å². The normalized spacial score (nSPS) is 41.9. The third kappa shape index (κ3) is 0.960. The maximum absolute atomic E-state index is 11.5. The van der Waals surface area contributed by atoms with Gasteiger partial charge in [-0.25, -0.2) is 0 Å². The molecule has 2 rings (SSSR count). The van der Waals surface area contributed by atoms with Crippen LogP contribution >= 0.6 is 0 Å². The number of hydrogen-bond acceptors (Lipinski definition) is 3. The molecule has 0 N–H and O–H groups in total. The number of ether oxygens (including phenoxy) is 1. The molecule has 0 bridgehead atoms. The van der Waals surface area contributed by atoms with Crippen molar-refractivity contribution >= 4 is 12.3 Å². The van der Waals surface area contributed by atoms with E-state index in [0.29, 0.717) is 0 Å². The lowest BCUT2D eigenvalue weighted by atomic mass is 9.88. The minimum Gasteiger partial charge on any atom is -0.469 e. The van der Waals surface area contributed by atoms with E-state index in [1.54, 1.807) is 0 Å². The third-order valence-electron chi connectivity index (χ3n) is 3.65. The van der Waals surface area contributed by atoms with E-state index in [2.05, 4.69) is 0 Å². The van der Waals surface area contributed by atoms with Crippen molar-refractivity contribution in [3.63, 3.8) is 0 Å². The molecular weight excluding hydrogens is 168 g/mol. The lowest BCUT2D eigenvalue weighted by molar-refractivity contribution is -0.149. The highest BCUT2D eigenvalue weighted by Gasteiger charge is 2.70. The minimum absolute atomic E-state index is 0.0533. The Morgan fingerprint density at radius 2 is 2.31 bits per heavy atom. The van der Waals surface area contributed by atoms with E-state index in [9.17, 15) is 9.59 Å². The highest BCUT2D eigenvalue weighted by molar-refractivity contribution is 5.87. The van der Waals surface area contributed by atoms with Crippen molar-refractivity contribution in [3.8, 4) is 0 Å². The van der Waals surface area contributed by atoms with Gasteiger partial charge in [-0.05, 0) is 18.8 Å². The molecule has 2 saturated carbocycles. The fourth-order valence-electron chi connectivity index (χ4n) is 2.92. The largest absolute Gasteiger partial charge is 0.469 e. The number of esters is 1. The van der Waals surface area contributed by atoms with Gasteiger partial charge in [-0.15, -0.1) is 0 Å². The van der Waals surface area contributed by atoms with Gasteiger partial charge in [0.2, 0.25) is 0 Å². The molecule has 3 atom stereocenters. The summed E-state index contributed by atoms with van der Waals surface area (Å²) < 4.78 is 4.77. The van der Waals surface area contributed by atoms with Crippen LogP contribution in [0.3, 0.4) is 0 Å². The Hall–Kier alpha value is -0.860. The van der Waals surface area contributed by atoms with E-state index in [0.717, 1.165) is 32.0 Å². The van der Waals surface area contributed by atoms with Crippen LogP contribution in [-0.4, -0.2) is 19.4 Å². The molecular formula is C10H14O3. The van der Waals surface area contributed by atoms with E-state index in [1.807, 2.05) is 0 Å². The van der Waals surface area contributed by atoms with Crippen molar-refractivity contribution in [1.29, 1.82) is 0 Å². The van der Waals surface area contributed by atoms with Gasteiger partial charge in [-0.3, -0.25) is 4.79 Å². The van der Waals surface area contributed by atoms with Gasteiger partial charge in [0.25, 0.3) is 0 Å². The van der Waals surface area contributed by atoms with Crippen molar-refractivity contribution in [1.82, 2.24) is 0 Å². The molecule has 0 aromatic rings. The van der Waals surface area contributed by atoms with Crippen LogP contribution in [0, 0.1) is 17.3 Å². The summed E-state index contributed by atoms with van der Waals surface area (Å²) >= 11 is 0. The smallest absolute Gasteiger partial charge is 0.312 e. The fraction of sp³-hybridized carbons (Fsp3) is 0.800. The zero-order valence-electron chi connectivity index (χ0n) is 7.79. The van der Waals surface area contributed by atoms with Crippen molar-refractivity contribution in [2.75, 3.05) is 7.11 Å². The molecule has 2 fully saturated rings. The first-order chi connectivity index (χ1) is 6.27. The molecule has 2 aliphatic rings. The fourth-order valence-corrected chi connectivity index (χ4v) is 2.92. The first kappa shape index (κ1) is 8.73. The molecule has 0 unspecified atom stereocenters. The molecule has 3 heteroatoms. The van der Waals surface area contributed by atoms with Crippen LogP contribution in [0.25, 0.3) is 0 Å². The van der Waals surface area contributed by atoms with Crippen LogP contribution in [-0.2, 0) is 14.3 Å². The molecule has 0 heterocycles. The minimum atomic E-state index is -0.408. The second-order valence-electron chi connectivity index (χ2n) is 4.05. The van der Waals surface area contributed by atoms with Gasteiger partial charge in [-0.1, -0.05) is 12.8 Å². The standard InChI is InChI=1S/C10H14O3/c1-13-9(12)10-5-3-2-4-7(10)8(10)6-11/h6-8H,2-5H2,1H3/t7-,8-,10+/m1/s1. The predicted molar refractivity (Wildman–Crippen MR) is 46.0 cm³/mol. The number of carbonyl (C=O) groups is 2. The van der Waals surface area contributed by atoms with Crippen molar-refractivity contribution in [3.05, 3.63) is 0 Å². The number of hydrogen-bond donors (Lipinski definition) is 0. The third-order valence-corrected chi connectivity index (χ3v) is 3.65. The molecule has 0 aromatic heterocycles. The summed E-state index contributed by atoms with van der Waals surface area (Å²) in [5, 5.41) is 0. The molecule has 72 valence electrons. The van der Waals surface area contributed by atoms with Gasteiger partial charge in [0.05, 0.1) is 12.5 Å². The van der Waals surface area contributed by atoms with Gasteiger partial charge in [0.1, 0.15) is 6.29 Å². The summed E-state index contributed by atoms with van der Waals surface area (Å²) in [4.78, 5) is 22.3. The molecule has 2 aliphatic carbocycles.